The van der Waals surface area contributed by atoms with E-state index in [4.69, 9.17) is 0 Å². The molecule has 1 aromatic carbocycles. The van der Waals surface area contributed by atoms with Crippen LogP contribution in [0.1, 0.15) is 11.4 Å². The largest absolute Gasteiger partial charge is 0.291 e. The molecule has 0 bridgehead atoms. The first-order chi connectivity index (χ1) is 9.66. The van der Waals surface area contributed by atoms with Gasteiger partial charge in [-0.15, -0.1) is 0 Å². The number of aromatic nitrogens is 3. The van der Waals surface area contributed by atoms with Crippen LogP contribution in [0.5, 0.6) is 0 Å². The molecule has 0 fully saturated rings. The van der Waals surface area contributed by atoms with Crippen LogP contribution in [-0.4, -0.2) is 14.5 Å². The summed E-state index contributed by atoms with van der Waals surface area (Å²) in [6.45, 7) is 2.36. The summed E-state index contributed by atoms with van der Waals surface area (Å²) in [6, 6.07) is 9.90. The molecule has 100 valence electrons. The average molecular weight is 377 g/mol. The summed E-state index contributed by atoms with van der Waals surface area (Å²) in [5, 5.41) is 1.07. The molecule has 4 nitrogen and oxygen atoms in total. The summed E-state index contributed by atoms with van der Waals surface area (Å²) in [5.41, 5.74) is 2.01. The Morgan fingerprint density at radius 1 is 1.20 bits per heavy atom. The number of pyridine rings is 1. The van der Waals surface area contributed by atoms with Gasteiger partial charge in [-0.2, -0.15) is 0 Å². The van der Waals surface area contributed by atoms with Gasteiger partial charge in [0.25, 0.3) is 5.56 Å². The average Bonchev–Trinajstić information content (AvgIpc) is 2.48. The summed E-state index contributed by atoms with van der Waals surface area (Å²) in [4.78, 5) is 20.8. The van der Waals surface area contributed by atoms with Crippen LogP contribution in [-0.2, 0) is 6.54 Å². The lowest BCUT2D eigenvalue weighted by atomic mass is 10.1. The summed E-state index contributed by atoms with van der Waals surface area (Å²) in [5.74, 6) is 0.719. The van der Waals surface area contributed by atoms with E-state index in [2.05, 4.69) is 9.97 Å². The van der Waals surface area contributed by atoms with Crippen molar-refractivity contribution in [1.82, 2.24) is 14.5 Å². The maximum absolute atomic E-state index is 12.2. The molecular formula is C15H12IN3O. The lowest BCUT2D eigenvalue weighted by Crippen LogP contribution is -2.26. The number of aryl methyl sites for hydroxylation is 1. The van der Waals surface area contributed by atoms with Crippen LogP contribution >= 0.6 is 22.6 Å². The summed E-state index contributed by atoms with van der Waals surface area (Å²) in [7, 11) is 0. The number of hydrogen-bond donors (Lipinski definition) is 0. The standard InChI is InChI=1S/C15H12IN3O/c1-10-18-8-13(16)15(20)19(10)9-11-6-7-17-14-5-3-2-4-12(11)14/h2-8H,9H2,1H3. The third-order valence-corrected chi connectivity index (χ3v) is 4.01. The van der Waals surface area contributed by atoms with Crippen LogP contribution in [0.4, 0.5) is 0 Å². The highest BCUT2D eigenvalue weighted by Crippen LogP contribution is 2.17. The van der Waals surface area contributed by atoms with E-state index in [1.54, 1.807) is 17.0 Å². The van der Waals surface area contributed by atoms with Gasteiger partial charge in [-0.1, -0.05) is 18.2 Å². The van der Waals surface area contributed by atoms with E-state index < -0.39 is 0 Å². The van der Waals surface area contributed by atoms with E-state index in [1.165, 1.54) is 0 Å². The Hall–Kier alpha value is -1.76. The quantitative estimate of drug-likeness (QED) is 0.646. The molecular weight excluding hydrogens is 365 g/mol. The van der Waals surface area contributed by atoms with Gasteiger partial charge in [-0.3, -0.25) is 14.3 Å². The topological polar surface area (TPSA) is 47.8 Å². The molecule has 0 atom stereocenters. The van der Waals surface area contributed by atoms with E-state index >= 15 is 0 Å². The number of fused-ring (bicyclic) bond motifs is 1. The molecule has 3 aromatic rings. The second kappa shape index (κ2) is 5.32. The van der Waals surface area contributed by atoms with Crippen molar-refractivity contribution in [3.05, 3.63) is 68.0 Å². The van der Waals surface area contributed by atoms with Gasteiger partial charge in [0.1, 0.15) is 5.82 Å². The molecule has 0 amide bonds. The first-order valence-electron chi connectivity index (χ1n) is 6.21. The molecule has 0 unspecified atom stereocenters. The lowest BCUT2D eigenvalue weighted by Gasteiger charge is -2.11. The van der Waals surface area contributed by atoms with Crippen LogP contribution in [0.3, 0.4) is 0 Å². The molecule has 0 aliphatic carbocycles. The normalized spacial score (nSPS) is 10.9. The van der Waals surface area contributed by atoms with Gasteiger partial charge >= 0.3 is 0 Å². The molecule has 0 aliphatic rings. The second-order valence-corrected chi connectivity index (χ2v) is 5.69. The molecule has 0 saturated carbocycles. The van der Waals surface area contributed by atoms with Gasteiger partial charge in [0.05, 0.1) is 15.6 Å². The Morgan fingerprint density at radius 2 is 2.00 bits per heavy atom. The Morgan fingerprint density at radius 3 is 2.85 bits per heavy atom. The molecule has 3 rings (SSSR count). The molecule has 20 heavy (non-hydrogen) atoms. The van der Waals surface area contributed by atoms with Crippen molar-refractivity contribution in [2.45, 2.75) is 13.5 Å². The van der Waals surface area contributed by atoms with Gasteiger partial charge in [0.2, 0.25) is 0 Å². The summed E-state index contributed by atoms with van der Waals surface area (Å²) >= 11 is 2.02. The zero-order chi connectivity index (χ0) is 14.1. The van der Waals surface area contributed by atoms with Gasteiger partial charge in [-0.05, 0) is 47.2 Å². The molecule has 0 N–H and O–H groups in total. The molecule has 0 radical (unpaired) electrons. The fraction of sp³-hybridized carbons (Fsp3) is 0.133. The Kier molecular flexibility index (Phi) is 3.52. The van der Waals surface area contributed by atoms with Crippen molar-refractivity contribution in [3.63, 3.8) is 0 Å². The maximum atomic E-state index is 12.2. The second-order valence-electron chi connectivity index (χ2n) is 4.53. The Bertz CT molecular complexity index is 837. The highest BCUT2D eigenvalue weighted by Gasteiger charge is 2.08. The van der Waals surface area contributed by atoms with Crippen LogP contribution < -0.4 is 5.56 Å². The van der Waals surface area contributed by atoms with E-state index in [0.717, 1.165) is 22.3 Å². The van der Waals surface area contributed by atoms with Crippen molar-refractivity contribution in [1.29, 1.82) is 0 Å². The van der Waals surface area contributed by atoms with E-state index in [0.29, 0.717) is 10.1 Å². The predicted octanol–water partition coefficient (Wildman–Crippen LogP) is 2.75. The molecule has 5 heteroatoms. The molecule has 0 saturated heterocycles. The number of rotatable bonds is 2. The van der Waals surface area contributed by atoms with Crippen LogP contribution in [0.25, 0.3) is 10.9 Å². The number of halogens is 1. The third kappa shape index (κ3) is 2.33. The third-order valence-electron chi connectivity index (χ3n) is 3.27. The van der Waals surface area contributed by atoms with Crippen LogP contribution in [0.15, 0.2) is 47.5 Å². The fourth-order valence-corrected chi connectivity index (χ4v) is 2.63. The van der Waals surface area contributed by atoms with Crippen molar-refractivity contribution in [2.24, 2.45) is 0 Å². The summed E-state index contributed by atoms with van der Waals surface area (Å²) in [6.07, 6.45) is 3.39. The monoisotopic (exact) mass is 377 g/mol. The van der Waals surface area contributed by atoms with Crippen molar-refractivity contribution < 1.29 is 0 Å². The fourth-order valence-electron chi connectivity index (χ4n) is 2.20. The highest BCUT2D eigenvalue weighted by molar-refractivity contribution is 14.1. The van der Waals surface area contributed by atoms with Gasteiger partial charge < -0.3 is 0 Å². The first-order valence-corrected chi connectivity index (χ1v) is 7.29. The van der Waals surface area contributed by atoms with Crippen LogP contribution in [0.2, 0.25) is 0 Å². The van der Waals surface area contributed by atoms with E-state index in [9.17, 15) is 4.79 Å². The zero-order valence-electron chi connectivity index (χ0n) is 10.9. The van der Waals surface area contributed by atoms with Crippen molar-refractivity contribution >= 4 is 33.5 Å². The van der Waals surface area contributed by atoms with Crippen molar-refractivity contribution in [2.75, 3.05) is 0 Å². The zero-order valence-corrected chi connectivity index (χ0v) is 13.0. The van der Waals surface area contributed by atoms with Gasteiger partial charge in [0.15, 0.2) is 0 Å². The minimum absolute atomic E-state index is 0.000932. The Balaban J connectivity index is 2.15. The van der Waals surface area contributed by atoms with Crippen LogP contribution in [0, 0.1) is 10.5 Å². The summed E-state index contributed by atoms with van der Waals surface area (Å²) < 4.78 is 2.33. The number of para-hydroxylation sites is 1. The lowest BCUT2D eigenvalue weighted by molar-refractivity contribution is 0.697. The smallest absolute Gasteiger partial charge is 0.267 e. The van der Waals surface area contributed by atoms with Gasteiger partial charge in [-0.25, -0.2) is 4.98 Å². The van der Waals surface area contributed by atoms with Crippen molar-refractivity contribution in [3.8, 4) is 0 Å². The molecule has 0 spiro atoms. The number of benzene rings is 1. The predicted molar refractivity (Wildman–Crippen MR) is 86.8 cm³/mol. The van der Waals surface area contributed by atoms with E-state index in [1.807, 2.05) is 59.8 Å². The van der Waals surface area contributed by atoms with E-state index in [-0.39, 0.29) is 5.56 Å². The number of nitrogens with zero attached hydrogens (tertiary/aromatic N) is 3. The minimum atomic E-state index is -0.000932. The minimum Gasteiger partial charge on any atom is -0.291 e. The molecule has 2 heterocycles. The Labute approximate surface area is 129 Å². The highest BCUT2D eigenvalue weighted by atomic mass is 127. The maximum Gasteiger partial charge on any atom is 0.267 e. The molecule has 0 aliphatic heterocycles. The number of hydrogen-bond acceptors (Lipinski definition) is 3. The van der Waals surface area contributed by atoms with Gasteiger partial charge in [0, 0.05) is 17.8 Å². The molecule has 2 aromatic heterocycles. The first kappa shape index (κ1) is 13.2. The SMILES string of the molecule is Cc1ncc(I)c(=O)n1Cc1ccnc2ccccc12.